The molecule has 1 aromatic heterocycles. The van der Waals surface area contributed by atoms with Crippen LogP contribution < -0.4 is 0 Å². The molecule has 21 heavy (non-hydrogen) atoms. The lowest BCUT2D eigenvalue weighted by atomic mass is 9.86. The average Bonchev–Trinajstić information content (AvgIpc) is 2.74. The predicted octanol–water partition coefficient (Wildman–Crippen LogP) is 3.57. The fourth-order valence-corrected chi connectivity index (χ4v) is 2.23. The summed E-state index contributed by atoms with van der Waals surface area (Å²) < 4.78 is 18.5. The normalized spacial score (nSPS) is 11.6. The third-order valence-electron chi connectivity index (χ3n) is 2.89. The zero-order valence-electron chi connectivity index (χ0n) is 11.6. The van der Waals surface area contributed by atoms with Crippen molar-refractivity contribution in [1.29, 1.82) is 0 Å². The minimum absolute atomic E-state index is 0.0119. The number of carbonyl (C=O) groups is 1. The van der Waals surface area contributed by atoms with E-state index in [1.807, 2.05) is 0 Å². The molecule has 0 amide bonds. The first-order chi connectivity index (χ1) is 9.77. The molecule has 0 atom stereocenters. The zero-order valence-corrected chi connectivity index (χ0v) is 12.3. The van der Waals surface area contributed by atoms with Crippen molar-refractivity contribution in [1.82, 2.24) is 10.2 Å². The Labute approximate surface area is 125 Å². The van der Waals surface area contributed by atoms with Gasteiger partial charge in [-0.1, -0.05) is 25.4 Å². The molecule has 1 N–H and O–H groups in total. The Balaban J connectivity index is 2.20. The van der Waals surface area contributed by atoms with Gasteiger partial charge in [0.05, 0.1) is 17.0 Å². The summed E-state index contributed by atoms with van der Waals surface area (Å²) in [7, 11) is 0. The van der Waals surface area contributed by atoms with E-state index in [1.54, 1.807) is 13.8 Å². The van der Waals surface area contributed by atoms with E-state index >= 15 is 0 Å². The molecule has 2 aromatic rings. The van der Waals surface area contributed by atoms with Crippen LogP contribution in [0.15, 0.2) is 22.6 Å². The van der Waals surface area contributed by atoms with Gasteiger partial charge in [-0.15, -0.1) is 10.2 Å². The van der Waals surface area contributed by atoms with Crippen LogP contribution in [-0.2, 0) is 11.2 Å². The smallest absolute Gasteiger partial charge is 0.303 e. The van der Waals surface area contributed by atoms with Crippen molar-refractivity contribution in [3.63, 3.8) is 0 Å². The molecule has 0 fully saturated rings. The van der Waals surface area contributed by atoms with E-state index in [9.17, 15) is 9.18 Å². The molecule has 0 aliphatic rings. The lowest BCUT2D eigenvalue weighted by Crippen LogP contribution is -2.19. The summed E-state index contributed by atoms with van der Waals surface area (Å²) in [5, 5.41) is 16.8. The van der Waals surface area contributed by atoms with E-state index in [-0.39, 0.29) is 17.3 Å². The molecule has 112 valence electrons. The molecular weight excluding hydrogens is 299 g/mol. The monoisotopic (exact) mass is 312 g/mol. The Morgan fingerprint density at radius 3 is 2.76 bits per heavy atom. The maximum atomic E-state index is 13.0. The van der Waals surface area contributed by atoms with Crippen LogP contribution in [0.5, 0.6) is 0 Å². The van der Waals surface area contributed by atoms with Gasteiger partial charge in [-0.05, 0) is 23.6 Å². The minimum Gasteiger partial charge on any atom is -0.481 e. The van der Waals surface area contributed by atoms with Gasteiger partial charge >= 0.3 is 5.97 Å². The van der Waals surface area contributed by atoms with Crippen LogP contribution in [0, 0.1) is 11.2 Å². The molecule has 0 aliphatic carbocycles. The van der Waals surface area contributed by atoms with Gasteiger partial charge in [0.15, 0.2) is 0 Å². The standard InChI is InChI=1S/C14H14ClFN2O3/c1-14(2,7-12(19)20)6-11-17-18-13(21-11)9-4-3-8(16)5-10(9)15/h3-5H,6-7H2,1-2H3,(H,19,20). The van der Waals surface area contributed by atoms with Crippen LogP contribution in [0.2, 0.25) is 5.02 Å². The Morgan fingerprint density at radius 1 is 1.43 bits per heavy atom. The lowest BCUT2D eigenvalue weighted by Gasteiger charge is -2.19. The molecule has 0 bridgehead atoms. The summed E-state index contributed by atoms with van der Waals surface area (Å²) in [5.74, 6) is -0.842. The van der Waals surface area contributed by atoms with E-state index in [4.69, 9.17) is 21.1 Å². The van der Waals surface area contributed by atoms with Gasteiger partial charge in [0.2, 0.25) is 11.8 Å². The lowest BCUT2D eigenvalue weighted by molar-refractivity contribution is -0.139. The number of rotatable bonds is 5. The van der Waals surface area contributed by atoms with E-state index in [0.717, 1.165) is 6.07 Å². The van der Waals surface area contributed by atoms with Gasteiger partial charge in [-0.3, -0.25) is 4.79 Å². The van der Waals surface area contributed by atoms with Crippen LogP contribution in [0.3, 0.4) is 0 Å². The van der Waals surface area contributed by atoms with E-state index in [0.29, 0.717) is 17.9 Å². The highest BCUT2D eigenvalue weighted by atomic mass is 35.5. The van der Waals surface area contributed by atoms with Crippen molar-refractivity contribution >= 4 is 17.6 Å². The molecule has 0 saturated heterocycles. The Hall–Kier alpha value is -1.95. The molecule has 0 saturated carbocycles. The molecule has 0 spiro atoms. The van der Waals surface area contributed by atoms with Crippen molar-refractivity contribution in [2.45, 2.75) is 26.7 Å². The van der Waals surface area contributed by atoms with Crippen molar-refractivity contribution in [3.05, 3.63) is 34.9 Å². The minimum atomic E-state index is -0.888. The van der Waals surface area contributed by atoms with Crippen LogP contribution >= 0.6 is 11.6 Å². The maximum absolute atomic E-state index is 13.0. The van der Waals surface area contributed by atoms with Crippen LogP contribution in [0.4, 0.5) is 4.39 Å². The molecule has 0 aliphatic heterocycles. The first kappa shape index (κ1) is 15.4. The highest BCUT2D eigenvalue weighted by molar-refractivity contribution is 6.33. The van der Waals surface area contributed by atoms with E-state index < -0.39 is 17.2 Å². The summed E-state index contributed by atoms with van der Waals surface area (Å²) >= 11 is 5.93. The quantitative estimate of drug-likeness (QED) is 0.913. The third-order valence-corrected chi connectivity index (χ3v) is 3.20. The molecule has 2 rings (SSSR count). The molecule has 0 radical (unpaired) electrons. The van der Waals surface area contributed by atoms with Crippen LogP contribution in [-0.4, -0.2) is 21.3 Å². The van der Waals surface area contributed by atoms with Gasteiger partial charge in [0, 0.05) is 6.42 Å². The molecule has 7 heteroatoms. The summed E-state index contributed by atoms with van der Waals surface area (Å²) in [6, 6.07) is 3.87. The average molecular weight is 313 g/mol. The summed E-state index contributed by atoms with van der Waals surface area (Å²) in [6.45, 7) is 3.60. The predicted molar refractivity (Wildman–Crippen MR) is 74.4 cm³/mol. The Kier molecular flexibility index (Phi) is 4.27. The van der Waals surface area contributed by atoms with Gasteiger partial charge < -0.3 is 9.52 Å². The van der Waals surface area contributed by atoms with E-state index in [2.05, 4.69) is 10.2 Å². The Bertz CT molecular complexity index is 670. The number of nitrogens with zero attached hydrogens (tertiary/aromatic N) is 2. The van der Waals surface area contributed by atoms with Crippen molar-refractivity contribution < 1.29 is 18.7 Å². The molecule has 5 nitrogen and oxygen atoms in total. The first-order valence-corrected chi connectivity index (χ1v) is 6.64. The number of carboxylic acid groups (broad SMARTS) is 1. The largest absolute Gasteiger partial charge is 0.481 e. The fraction of sp³-hybridized carbons (Fsp3) is 0.357. The van der Waals surface area contributed by atoms with Crippen LogP contribution in [0.25, 0.3) is 11.5 Å². The summed E-state index contributed by atoms with van der Waals surface area (Å²) in [5.41, 5.74) is -0.0738. The number of hydrogen-bond acceptors (Lipinski definition) is 4. The number of carboxylic acids is 1. The number of halogens is 2. The molecule has 1 aromatic carbocycles. The number of hydrogen-bond donors (Lipinski definition) is 1. The zero-order chi connectivity index (χ0) is 15.6. The maximum Gasteiger partial charge on any atom is 0.303 e. The van der Waals surface area contributed by atoms with Gasteiger partial charge in [-0.2, -0.15) is 0 Å². The number of aliphatic carboxylic acids is 1. The molecule has 1 heterocycles. The van der Waals surface area contributed by atoms with E-state index in [1.165, 1.54) is 12.1 Å². The number of aromatic nitrogens is 2. The van der Waals surface area contributed by atoms with Gasteiger partial charge in [-0.25, -0.2) is 4.39 Å². The highest BCUT2D eigenvalue weighted by Crippen LogP contribution is 2.30. The molecular formula is C14H14ClFN2O3. The number of benzene rings is 1. The van der Waals surface area contributed by atoms with Crippen LogP contribution in [0.1, 0.15) is 26.2 Å². The van der Waals surface area contributed by atoms with Gasteiger partial charge in [0.1, 0.15) is 5.82 Å². The Morgan fingerprint density at radius 2 is 2.14 bits per heavy atom. The SMILES string of the molecule is CC(C)(CC(=O)O)Cc1nnc(-c2ccc(F)cc2Cl)o1. The topological polar surface area (TPSA) is 76.2 Å². The second-order valence-electron chi connectivity index (χ2n) is 5.54. The first-order valence-electron chi connectivity index (χ1n) is 6.26. The summed E-state index contributed by atoms with van der Waals surface area (Å²) in [4.78, 5) is 10.8. The van der Waals surface area contributed by atoms with Crippen molar-refractivity contribution in [2.75, 3.05) is 0 Å². The molecule has 0 unspecified atom stereocenters. The van der Waals surface area contributed by atoms with Crippen molar-refractivity contribution in [2.24, 2.45) is 5.41 Å². The fourth-order valence-electron chi connectivity index (χ4n) is 1.98. The third kappa shape index (κ3) is 4.01. The summed E-state index contributed by atoms with van der Waals surface area (Å²) in [6.07, 6.45) is 0.313. The van der Waals surface area contributed by atoms with Gasteiger partial charge in [0.25, 0.3) is 0 Å². The highest BCUT2D eigenvalue weighted by Gasteiger charge is 2.25. The van der Waals surface area contributed by atoms with Crippen molar-refractivity contribution in [3.8, 4) is 11.5 Å². The second-order valence-corrected chi connectivity index (χ2v) is 5.94. The second kappa shape index (κ2) is 5.81.